The van der Waals surface area contributed by atoms with Gasteiger partial charge in [0.2, 0.25) is 0 Å². The molecule has 0 aromatic heterocycles. The van der Waals surface area contributed by atoms with Gasteiger partial charge in [-0.05, 0) is 36.5 Å². The highest BCUT2D eigenvalue weighted by molar-refractivity contribution is 6.42. The molecule has 0 amide bonds. The normalized spacial score (nSPS) is 18.8. The number of hydrogen-bond donors (Lipinski definition) is 0. The molecule has 3 heteroatoms. The summed E-state index contributed by atoms with van der Waals surface area (Å²) in [4.78, 5) is 0. The van der Waals surface area contributed by atoms with Gasteiger partial charge in [-0.25, -0.2) is 0 Å². The lowest BCUT2D eigenvalue weighted by molar-refractivity contribution is 0.331. The first-order valence-electron chi connectivity index (χ1n) is 6.76. The zero-order chi connectivity index (χ0) is 13.0. The number of hydrogen-bond acceptors (Lipinski definition) is 0. The van der Waals surface area contributed by atoms with Gasteiger partial charge in [0, 0.05) is 0 Å². The Kier molecular flexibility index (Phi) is 5.66. The summed E-state index contributed by atoms with van der Waals surface area (Å²) in [6.45, 7) is 0. The lowest BCUT2D eigenvalue weighted by Gasteiger charge is -2.22. The molecule has 0 nitrogen and oxygen atoms in total. The summed E-state index contributed by atoms with van der Waals surface area (Å²) in [7, 11) is 0. The van der Waals surface area contributed by atoms with Crippen molar-refractivity contribution in [1.82, 2.24) is 0 Å². The summed E-state index contributed by atoms with van der Waals surface area (Å²) >= 11 is 18.4. The molecule has 2 rings (SSSR count). The predicted octanol–water partition coefficient (Wildman–Crippen LogP) is 6.63. The molecule has 1 atom stereocenters. The third kappa shape index (κ3) is 4.05. The molecule has 0 spiro atoms. The van der Waals surface area contributed by atoms with Crippen molar-refractivity contribution in [3.8, 4) is 0 Å². The van der Waals surface area contributed by atoms with Crippen LogP contribution in [0.2, 0.25) is 10.0 Å². The van der Waals surface area contributed by atoms with E-state index in [4.69, 9.17) is 34.8 Å². The van der Waals surface area contributed by atoms with Crippen LogP contribution in [0.3, 0.4) is 0 Å². The van der Waals surface area contributed by atoms with Gasteiger partial charge in [-0.2, -0.15) is 0 Å². The van der Waals surface area contributed by atoms with E-state index in [0.29, 0.717) is 10.0 Å². The van der Waals surface area contributed by atoms with E-state index in [9.17, 15) is 0 Å². The van der Waals surface area contributed by atoms with Crippen LogP contribution in [0.4, 0.5) is 0 Å². The highest BCUT2D eigenvalue weighted by atomic mass is 35.5. The number of alkyl halides is 1. The lowest BCUT2D eigenvalue weighted by Crippen LogP contribution is -2.07. The summed E-state index contributed by atoms with van der Waals surface area (Å²) in [5.74, 6) is 0.878. The Labute approximate surface area is 125 Å². The fraction of sp³-hybridized carbons (Fsp3) is 0.600. The molecule has 0 bridgehead atoms. The molecule has 1 aromatic rings. The minimum absolute atomic E-state index is 0.0571. The monoisotopic (exact) mass is 304 g/mol. The van der Waals surface area contributed by atoms with Crippen molar-refractivity contribution in [3.05, 3.63) is 33.8 Å². The van der Waals surface area contributed by atoms with E-state index in [1.165, 1.54) is 38.5 Å². The average molecular weight is 306 g/mol. The van der Waals surface area contributed by atoms with Crippen LogP contribution in [0.5, 0.6) is 0 Å². The second-order valence-corrected chi connectivity index (χ2v) is 6.56. The van der Waals surface area contributed by atoms with Crippen LogP contribution in [0.1, 0.15) is 55.9 Å². The van der Waals surface area contributed by atoms with Crippen LogP contribution in [0, 0.1) is 5.92 Å². The molecular weight excluding hydrogens is 287 g/mol. The number of halogens is 3. The maximum absolute atomic E-state index is 6.45. The summed E-state index contributed by atoms with van der Waals surface area (Å²) < 4.78 is 0. The van der Waals surface area contributed by atoms with Gasteiger partial charge in [0.15, 0.2) is 0 Å². The fourth-order valence-electron chi connectivity index (χ4n) is 2.73. The molecule has 1 saturated carbocycles. The molecule has 1 aromatic carbocycles. The van der Waals surface area contributed by atoms with Gasteiger partial charge < -0.3 is 0 Å². The van der Waals surface area contributed by atoms with Crippen molar-refractivity contribution >= 4 is 34.8 Å². The minimum Gasteiger partial charge on any atom is -0.118 e. The molecule has 18 heavy (non-hydrogen) atoms. The van der Waals surface area contributed by atoms with Gasteiger partial charge in [0.1, 0.15) is 0 Å². The van der Waals surface area contributed by atoms with Crippen LogP contribution in [-0.4, -0.2) is 0 Å². The highest BCUT2D eigenvalue weighted by Crippen LogP contribution is 2.34. The molecule has 1 unspecified atom stereocenters. The minimum atomic E-state index is 0.0571. The summed E-state index contributed by atoms with van der Waals surface area (Å²) in [6.07, 6.45) is 9.22. The van der Waals surface area contributed by atoms with E-state index >= 15 is 0 Å². The summed E-state index contributed by atoms with van der Waals surface area (Å²) in [5.41, 5.74) is 1.09. The second-order valence-electron chi connectivity index (χ2n) is 5.22. The van der Waals surface area contributed by atoms with Gasteiger partial charge >= 0.3 is 0 Å². The van der Waals surface area contributed by atoms with E-state index in [1.54, 1.807) is 0 Å². The quantitative estimate of drug-likeness (QED) is 0.547. The maximum atomic E-state index is 6.45. The Morgan fingerprint density at radius 1 is 1.06 bits per heavy atom. The van der Waals surface area contributed by atoms with Crippen LogP contribution in [-0.2, 0) is 0 Å². The van der Waals surface area contributed by atoms with Crippen molar-refractivity contribution in [3.63, 3.8) is 0 Å². The number of benzene rings is 1. The van der Waals surface area contributed by atoms with Crippen molar-refractivity contribution in [1.29, 1.82) is 0 Å². The van der Waals surface area contributed by atoms with Crippen LogP contribution < -0.4 is 0 Å². The van der Waals surface area contributed by atoms with Gasteiger partial charge in [0.05, 0.1) is 15.4 Å². The highest BCUT2D eigenvalue weighted by Gasteiger charge is 2.16. The maximum Gasteiger partial charge on any atom is 0.0595 e. The third-order valence-electron chi connectivity index (χ3n) is 3.86. The molecule has 0 aliphatic heterocycles. The molecular formula is C15H19Cl3. The molecule has 0 heterocycles. The molecule has 1 aliphatic carbocycles. The first kappa shape index (κ1) is 14.5. The molecule has 0 N–H and O–H groups in total. The van der Waals surface area contributed by atoms with Crippen LogP contribution in [0.25, 0.3) is 0 Å². The van der Waals surface area contributed by atoms with Gasteiger partial charge in [-0.1, -0.05) is 61.4 Å². The van der Waals surface area contributed by atoms with E-state index in [0.717, 1.165) is 17.9 Å². The van der Waals surface area contributed by atoms with E-state index < -0.39 is 0 Å². The van der Waals surface area contributed by atoms with Crippen LogP contribution >= 0.6 is 34.8 Å². The SMILES string of the molecule is Clc1ccc(C(Cl)CCC2CCCCC2)cc1Cl. The summed E-state index contributed by atoms with van der Waals surface area (Å²) in [5, 5.41) is 1.25. The molecule has 1 aliphatic rings. The number of rotatable bonds is 4. The molecule has 0 radical (unpaired) electrons. The van der Waals surface area contributed by atoms with Crippen LogP contribution in [0.15, 0.2) is 18.2 Å². The van der Waals surface area contributed by atoms with E-state index in [1.807, 2.05) is 18.2 Å². The zero-order valence-corrected chi connectivity index (χ0v) is 12.7. The standard InChI is InChI=1S/C15H19Cl3/c16-13(8-6-11-4-2-1-3-5-11)12-7-9-14(17)15(18)10-12/h7,9-11,13H,1-6,8H2. The summed E-state index contributed by atoms with van der Waals surface area (Å²) in [6, 6.07) is 5.70. The second kappa shape index (κ2) is 7.03. The molecule has 100 valence electrons. The van der Waals surface area contributed by atoms with E-state index in [-0.39, 0.29) is 5.38 Å². The third-order valence-corrected chi connectivity index (χ3v) is 5.07. The predicted molar refractivity (Wildman–Crippen MR) is 80.9 cm³/mol. The van der Waals surface area contributed by atoms with Crippen molar-refractivity contribution in [2.45, 2.75) is 50.3 Å². The fourth-order valence-corrected chi connectivity index (χ4v) is 3.30. The Morgan fingerprint density at radius 3 is 2.44 bits per heavy atom. The first-order valence-corrected chi connectivity index (χ1v) is 7.95. The van der Waals surface area contributed by atoms with Crippen molar-refractivity contribution in [2.24, 2.45) is 5.92 Å². The smallest absolute Gasteiger partial charge is 0.0595 e. The van der Waals surface area contributed by atoms with Gasteiger partial charge in [0.25, 0.3) is 0 Å². The van der Waals surface area contributed by atoms with Crippen molar-refractivity contribution < 1.29 is 0 Å². The Bertz CT molecular complexity index is 383. The van der Waals surface area contributed by atoms with Crippen molar-refractivity contribution in [2.75, 3.05) is 0 Å². The largest absolute Gasteiger partial charge is 0.118 e. The zero-order valence-electron chi connectivity index (χ0n) is 10.5. The molecule has 0 saturated heterocycles. The average Bonchev–Trinajstić information content (AvgIpc) is 2.40. The Balaban J connectivity index is 1.86. The first-order chi connectivity index (χ1) is 8.66. The van der Waals surface area contributed by atoms with Gasteiger partial charge in [-0.3, -0.25) is 0 Å². The van der Waals surface area contributed by atoms with Gasteiger partial charge in [-0.15, -0.1) is 11.6 Å². The lowest BCUT2D eigenvalue weighted by atomic mass is 9.85. The van der Waals surface area contributed by atoms with E-state index in [2.05, 4.69) is 0 Å². The topological polar surface area (TPSA) is 0 Å². The molecule has 1 fully saturated rings. The Morgan fingerprint density at radius 2 is 1.78 bits per heavy atom. The Hall–Kier alpha value is 0.0900.